The summed E-state index contributed by atoms with van der Waals surface area (Å²) in [5.41, 5.74) is 1.75. The van der Waals surface area contributed by atoms with E-state index in [4.69, 9.17) is 9.47 Å². The Morgan fingerprint density at radius 1 is 1.07 bits per heavy atom. The summed E-state index contributed by atoms with van der Waals surface area (Å²) in [6, 6.07) is 17.6. The summed E-state index contributed by atoms with van der Waals surface area (Å²) in [6.45, 7) is 3.22. The number of hydrogen-bond acceptors (Lipinski definition) is 5. The zero-order valence-corrected chi connectivity index (χ0v) is 16.0. The number of amides is 1. The van der Waals surface area contributed by atoms with Gasteiger partial charge in [-0.3, -0.25) is 9.59 Å². The third kappa shape index (κ3) is 4.29. The normalized spacial score (nSPS) is 13.6. The van der Waals surface area contributed by atoms with Gasteiger partial charge in [-0.2, -0.15) is 5.10 Å². The minimum atomic E-state index is -0.353. The van der Waals surface area contributed by atoms with Gasteiger partial charge in [0.25, 0.3) is 11.5 Å². The molecule has 1 amide bonds. The summed E-state index contributed by atoms with van der Waals surface area (Å²) >= 11 is 0. The molecule has 1 unspecified atom stereocenters. The van der Waals surface area contributed by atoms with Gasteiger partial charge < -0.3 is 14.8 Å². The lowest BCUT2D eigenvalue weighted by atomic mass is 10.1. The summed E-state index contributed by atoms with van der Waals surface area (Å²) in [6.07, 6.45) is 0. The van der Waals surface area contributed by atoms with E-state index in [-0.39, 0.29) is 23.2 Å². The fourth-order valence-electron chi connectivity index (χ4n) is 3.12. The predicted molar refractivity (Wildman–Crippen MR) is 107 cm³/mol. The number of carbonyl (C=O) groups excluding carboxylic acids is 1. The van der Waals surface area contributed by atoms with Crippen molar-refractivity contribution in [2.75, 3.05) is 13.2 Å². The second-order valence-corrected chi connectivity index (χ2v) is 6.80. The molecule has 1 atom stereocenters. The van der Waals surface area contributed by atoms with Gasteiger partial charge in [0.2, 0.25) is 0 Å². The number of benzene rings is 2. The molecule has 0 saturated carbocycles. The third-order valence-corrected chi connectivity index (χ3v) is 4.69. The van der Waals surface area contributed by atoms with E-state index < -0.39 is 0 Å². The highest BCUT2D eigenvalue weighted by atomic mass is 16.6. The molecule has 0 fully saturated rings. The average Bonchev–Trinajstić information content (AvgIpc) is 2.75. The van der Waals surface area contributed by atoms with E-state index in [0.717, 1.165) is 11.1 Å². The predicted octanol–water partition coefficient (Wildman–Crippen LogP) is 2.55. The Morgan fingerprint density at radius 3 is 2.62 bits per heavy atom. The number of hydrogen-bond donors (Lipinski definition) is 1. The van der Waals surface area contributed by atoms with Gasteiger partial charge in [0, 0.05) is 6.07 Å². The highest BCUT2D eigenvalue weighted by Crippen LogP contribution is 2.32. The minimum absolute atomic E-state index is 0.185. The van der Waals surface area contributed by atoms with Gasteiger partial charge in [-0.05, 0) is 36.2 Å². The van der Waals surface area contributed by atoms with Crippen LogP contribution in [0.2, 0.25) is 0 Å². The van der Waals surface area contributed by atoms with Gasteiger partial charge in [-0.15, -0.1) is 0 Å². The second kappa shape index (κ2) is 8.18. The van der Waals surface area contributed by atoms with Gasteiger partial charge >= 0.3 is 0 Å². The lowest BCUT2D eigenvalue weighted by molar-refractivity contribution is 0.0932. The van der Waals surface area contributed by atoms with E-state index in [1.165, 1.54) is 16.8 Å². The van der Waals surface area contributed by atoms with Gasteiger partial charge in [-0.25, -0.2) is 4.68 Å². The lowest BCUT2D eigenvalue weighted by Gasteiger charge is -2.21. The molecule has 1 N–H and O–H groups in total. The summed E-state index contributed by atoms with van der Waals surface area (Å²) in [5, 5.41) is 7.15. The maximum Gasteiger partial charge on any atom is 0.272 e. The van der Waals surface area contributed by atoms with Crippen LogP contribution in [0.3, 0.4) is 0 Å². The number of nitrogens with one attached hydrogen (secondary N) is 1. The fraction of sp³-hybridized carbons (Fsp3) is 0.227. The van der Waals surface area contributed by atoms with Crippen molar-refractivity contribution in [3.63, 3.8) is 0 Å². The molecule has 2 aromatic carbocycles. The minimum Gasteiger partial charge on any atom is -0.486 e. The molecule has 0 saturated heterocycles. The summed E-state index contributed by atoms with van der Waals surface area (Å²) in [5.74, 6) is 1.02. The topological polar surface area (TPSA) is 82.5 Å². The van der Waals surface area contributed by atoms with E-state index in [0.29, 0.717) is 31.3 Å². The Morgan fingerprint density at radius 2 is 1.83 bits per heavy atom. The first-order chi connectivity index (χ1) is 14.1. The van der Waals surface area contributed by atoms with Gasteiger partial charge in [0.1, 0.15) is 18.9 Å². The molecule has 0 radical (unpaired) electrons. The van der Waals surface area contributed by atoms with Crippen LogP contribution in [0.25, 0.3) is 0 Å². The van der Waals surface area contributed by atoms with Crippen molar-refractivity contribution < 1.29 is 14.3 Å². The zero-order chi connectivity index (χ0) is 20.2. The number of carbonyl (C=O) groups is 1. The average molecular weight is 391 g/mol. The van der Waals surface area contributed by atoms with Crippen molar-refractivity contribution >= 4 is 5.91 Å². The molecule has 1 aliphatic rings. The molecule has 4 rings (SSSR count). The van der Waals surface area contributed by atoms with E-state index in [2.05, 4.69) is 10.4 Å². The van der Waals surface area contributed by atoms with Crippen molar-refractivity contribution in [1.82, 2.24) is 15.1 Å². The number of nitrogens with zero attached hydrogens (tertiary/aromatic N) is 2. The van der Waals surface area contributed by atoms with Crippen molar-refractivity contribution in [2.45, 2.75) is 19.5 Å². The van der Waals surface area contributed by atoms with Crippen molar-refractivity contribution in [3.8, 4) is 11.5 Å². The smallest absolute Gasteiger partial charge is 0.272 e. The standard InChI is InChI=1S/C22H21N3O4/c1-15(17-7-9-19-20(13-17)29-12-11-28-19)23-22(27)18-8-10-21(26)25(24-18)14-16-5-3-2-4-6-16/h2-10,13,15H,11-12,14H2,1H3,(H,23,27). The van der Waals surface area contributed by atoms with Gasteiger partial charge in [0.05, 0.1) is 12.6 Å². The van der Waals surface area contributed by atoms with Crippen LogP contribution in [0, 0.1) is 0 Å². The van der Waals surface area contributed by atoms with Crippen LogP contribution in [-0.4, -0.2) is 28.9 Å². The van der Waals surface area contributed by atoms with E-state index >= 15 is 0 Å². The van der Waals surface area contributed by atoms with Crippen LogP contribution in [0.15, 0.2) is 65.5 Å². The molecule has 0 aliphatic carbocycles. The second-order valence-electron chi connectivity index (χ2n) is 6.80. The zero-order valence-electron chi connectivity index (χ0n) is 16.0. The van der Waals surface area contributed by atoms with Crippen LogP contribution >= 0.6 is 0 Å². The molecule has 148 valence electrons. The Balaban J connectivity index is 1.49. The van der Waals surface area contributed by atoms with E-state index in [9.17, 15) is 9.59 Å². The van der Waals surface area contributed by atoms with Gasteiger partial charge in [0.15, 0.2) is 11.5 Å². The largest absolute Gasteiger partial charge is 0.486 e. The van der Waals surface area contributed by atoms with Crippen molar-refractivity contribution in [3.05, 3.63) is 87.8 Å². The summed E-state index contributed by atoms with van der Waals surface area (Å²) < 4.78 is 12.4. The lowest BCUT2D eigenvalue weighted by Crippen LogP contribution is -2.31. The van der Waals surface area contributed by atoms with Crippen LogP contribution in [-0.2, 0) is 6.54 Å². The Hall–Kier alpha value is -3.61. The molecule has 29 heavy (non-hydrogen) atoms. The first kappa shape index (κ1) is 18.7. The number of ether oxygens (including phenoxy) is 2. The fourth-order valence-corrected chi connectivity index (χ4v) is 3.12. The van der Waals surface area contributed by atoms with Crippen LogP contribution in [0.4, 0.5) is 0 Å². The molecular weight excluding hydrogens is 370 g/mol. The van der Waals surface area contributed by atoms with Crippen LogP contribution < -0.4 is 20.3 Å². The molecular formula is C22H21N3O4. The third-order valence-electron chi connectivity index (χ3n) is 4.69. The van der Waals surface area contributed by atoms with Crippen molar-refractivity contribution in [1.29, 1.82) is 0 Å². The molecule has 2 heterocycles. The van der Waals surface area contributed by atoms with Crippen molar-refractivity contribution in [2.24, 2.45) is 0 Å². The molecule has 3 aromatic rings. The molecule has 7 nitrogen and oxygen atoms in total. The highest BCUT2D eigenvalue weighted by Gasteiger charge is 2.17. The first-order valence-electron chi connectivity index (χ1n) is 9.42. The Bertz CT molecular complexity index is 1080. The molecule has 0 bridgehead atoms. The molecule has 7 heteroatoms. The number of aromatic nitrogens is 2. The first-order valence-corrected chi connectivity index (χ1v) is 9.42. The molecule has 1 aliphatic heterocycles. The van der Waals surface area contributed by atoms with Crippen LogP contribution in [0.5, 0.6) is 11.5 Å². The monoisotopic (exact) mass is 391 g/mol. The maximum absolute atomic E-state index is 12.7. The number of rotatable bonds is 5. The van der Waals surface area contributed by atoms with Crippen LogP contribution in [0.1, 0.15) is 34.6 Å². The SMILES string of the molecule is CC(NC(=O)c1ccc(=O)n(Cc2ccccc2)n1)c1ccc2c(c1)OCCO2. The summed E-state index contributed by atoms with van der Waals surface area (Å²) in [4.78, 5) is 24.8. The molecule has 0 spiro atoms. The van der Waals surface area contributed by atoms with E-state index in [1.54, 1.807) is 0 Å². The summed E-state index contributed by atoms with van der Waals surface area (Å²) in [7, 11) is 0. The Kier molecular flexibility index (Phi) is 5.29. The van der Waals surface area contributed by atoms with E-state index in [1.807, 2.05) is 55.5 Å². The quantitative estimate of drug-likeness (QED) is 0.723. The maximum atomic E-state index is 12.7. The van der Waals surface area contributed by atoms with Gasteiger partial charge in [-0.1, -0.05) is 36.4 Å². The molecule has 1 aromatic heterocycles. The Labute approximate surface area is 167 Å². The highest BCUT2D eigenvalue weighted by molar-refractivity contribution is 5.92. The number of fused-ring (bicyclic) bond motifs is 1.